The third-order valence-electron chi connectivity index (χ3n) is 11.2. The van der Waals surface area contributed by atoms with Crippen LogP contribution in [-0.4, -0.2) is 46.7 Å². The van der Waals surface area contributed by atoms with Gasteiger partial charge in [0.1, 0.15) is 6.10 Å². The Morgan fingerprint density at radius 3 is 2.45 bits per heavy atom. The summed E-state index contributed by atoms with van der Waals surface area (Å²) < 4.78 is 11.8. The molecule has 0 spiro atoms. The molecule has 5 heteroatoms. The van der Waals surface area contributed by atoms with E-state index in [0.29, 0.717) is 30.5 Å². The van der Waals surface area contributed by atoms with E-state index in [9.17, 15) is 15.0 Å². The molecule has 0 aromatic heterocycles. The number of aliphatic hydroxyl groups is 2. The number of hydrogen-bond donors (Lipinski definition) is 2. The highest BCUT2D eigenvalue weighted by atomic mass is 16.5. The number of rotatable bonds is 10. The normalized spacial score (nSPS) is 38.0. The van der Waals surface area contributed by atoms with Crippen molar-refractivity contribution < 1.29 is 24.5 Å². The molecule has 3 saturated carbocycles. The molecule has 8 atom stereocenters. The lowest BCUT2D eigenvalue weighted by Gasteiger charge is -2.58. The first kappa shape index (κ1) is 30.1. The minimum atomic E-state index is -0.812. The number of carbonyl (C=O) groups excluding carboxylic acids is 1. The van der Waals surface area contributed by atoms with Gasteiger partial charge in [-0.05, 0) is 126 Å². The molecular weight excluding hydrogens is 476 g/mol. The van der Waals surface area contributed by atoms with Crippen LogP contribution >= 0.6 is 0 Å². The average molecular weight is 533 g/mol. The van der Waals surface area contributed by atoms with Gasteiger partial charge in [0.05, 0.1) is 17.8 Å². The number of fused-ring (bicyclic) bond motifs is 5. The molecule has 4 rings (SSSR count). The Labute approximate surface area is 232 Å². The zero-order valence-electron chi connectivity index (χ0n) is 25.4. The molecule has 4 aliphatic carbocycles. The van der Waals surface area contributed by atoms with Crippen LogP contribution in [-0.2, 0) is 14.3 Å². The first-order valence-electron chi connectivity index (χ1n) is 15.5. The zero-order chi connectivity index (χ0) is 27.9. The molecular formula is C33H56O5. The van der Waals surface area contributed by atoms with E-state index in [1.165, 1.54) is 39.0 Å². The van der Waals surface area contributed by atoms with Crippen LogP contribution in [0.1, 0.15) is 119 Å². The largest absolute Gasteiger partial charge is 0.462 e. The third kappa shape index (κ3) is 6.52. The fourth-order valence-electron chi connectivity index (χ4n) is 9.44. The maximum Gasteiger partial charge on any atom is 0.302 e. The Hall–Kier alpha value is -0.910. The summed E-state index contributed by atoms with van der Waals surface area (Å²) in [6.45, 7) is 15.2. The molecule has 0 aliphatic heterocycles. The van der Waals surface area contributed by atoms with Crippen molar-refractivity contribution in [1.82, 2.24) is 0 Å². The number of carbonyl (C=O) groups is 1. The molecule has 0 amide bonds. The van der Waals surface area contributed by atoms with Gasteiger partial charge in [-0.15, -0.1) is 0 Å². The van der Waals surface area contributed by atoms with E-state index in [4.69, 9.17) is 9.47 Å². The number of esters is 1. The summed E-state index contributed by atoms with van der Waals surface area (Å²) in [7, 11) is 0. The predicted molar refractivity (Wildman–Crippen MR) is 152 cm³/mol. The van der Waals surface area contributed by atoms with Crippen LogP contribution in [0.5, 0.6) is 0 Å². The smallest absolute Gasteiger partial charge is 0.302 e. The SMILES string of the molecule is CC(=O)O[C@H]1CC[C@@]2(C)C(=CC[C@H]3[C@@H]4CC[C@H]([C@@H](CCCC(C)(C)O)COCC(C)(C)O)[C@@]4(C)CC[C@@H]32)C1. The van der Waals surface area contributed by atoms with E-state index >= 15 is 0 Å². The van der Waals surface area contributed by atoms with Crippen molar-refractivity contribution >= 4 is 5.97 Å². The Kier molecular flexibility index (Phi) is 8.83. The quantitative estimate of drug-likeness (QED) is 0.238. The van der Waals surface area contributed by atoms with Crippen molar-refractivity contribution in [3.63, 3.8) is 0 Å². The molecule has 5 nitrogen and oxygen atoms in total. The molecule has 0 bridgehead atoms. The number of hydrogen-bond acceptors (Lipinski definition) is 5. The van der Waals surface area contributed by atoms with Crippen molar-refractivity contribution in [2.75, 3.05) is 13.2 Å². The Bertz CT molecular complexity index is 846. The van der Waals surface area contributed by atoms with Crippen molar-refractivity contribution in [2.24, 2.45) is 40.4 Å². The molecule has 0 saturated heterocycles. The minimum Gasteiger partial charge on any atom is -0.462 e. The molecule has 0 aromatic carbocycles. The van der Waals surface area contributed by atoms with Gasteiger partial charge >= 0.3 is 5.97 Å². The summed E-state index contributed by atoms with van der Waals surface area (Å²) in [5.41, 5.74) is 0.692. The molecule has 0 unspecified atom stereocenters. The van der Waals surface area contributed by atoms with Gasteiger partial charge in [-0.3, -0.25) is 4.79 Å². The van der Waals surface area contributed by atoms with Gasteiger partial charge in [0.25, 0.3) is 0 Å². The van der Waals surface area contributed by atoms with Crippen LogP contribution in [0, 0.1) is 40.4 Å². The number of allylic oxidation sites excluding steroid dienone is 1. The lowest BCUT2D eigenvalue weighted by molar-refractivity contribution is -0.148. The van der Waals surface area contributed by atoms with Gasteiger partial charge in [-0.1, -0.05) is 31.9 Å². The van der Waals surface area contributed by atoms with Gasteiger partial charge in [0, 0.05) is 20.0 Å². The van der Waals surface area contributed by atoms with Crippen LogP contribution in [0.4, 0.5) is 0 Å². The minimum absolute atomic E-state index is 0.0571. The third-order valence-corrected chi connectivity index (χ3v) is 11.2. The summed E-state index contributed by atoms with van der Waals surface area (Å²) in [5, 5.41) is 20.6. The van der Waals surface area contributed by atoms with Gasteiger partial charge in [-0.25, -0.2) is 0 Å². The van der Waals surface area contributed by atoms with Crippen molar-refractivity contribution in [2.45, 2.75) is 136 Å². The highest BCUT2D eigenvalue weighted by molar-refractivity contribution is 5.66. The predicted octanol–water partition coefficient (Wildman–Crippen LogP) is 6.84. The molecule has 218 valence electrons. The zero-order valence-corrected chi connectivity index (χ0v) is 25.4. The Morgan fingerprint density at radius 2 is 1.79 bits per heavy atom. The lowest BCUT2D eigenvalue weighted by Crippen LogP contribution is -2.51. The van der Waals surface area contributed by atoms with Crippen LogP contribution in [0.15, 0.2) is 11.6 Å². The van der Waals surface area contributed by atoms with E-state index in [0.717, 1.165) is 56.3 Å². The van der Waals surface area contributed by atoms with Gasteiger partial charge < -0.3 is 19.7 Å². The van der Waals surface area contributed by atoms with E-state index in [-0.39, 0.29) is 17.5 Å². The highest BCUT2D eigenvalue weighted by Crippen LogP contribution is 2.67. The van der Waals surface area contributed by atoms with E-state index < -0.39 is 11.2 Å². The molecule has 38 heavy (non-hydrogen) atoms. The second-order valence-electron chi connectivity index (χ2n) is 15.3. The van der Waals surface area contributed by atoms with Crippen LogP contribution in [0.3, 0.4) is 0 Å². The van der Waals surface area contributed by atoms with E-state index in [1.807, 2.05) is 27.7 Å². The fourth-order valence-corrected chi connectivity index (χ4v) is 9.44. The van der Waals surface area contributed by atoms with Crippen molar-refractivity contribution in [3.05, 3.63) is 11.6 Å². The topological polar surface area (TPSA) is 76.0 Å². The molecule has 0 aromatic rings. The number of ether oxygens (including phenoxy) is 2. The van der Waals surface area contributed by atoms with Gasteiger partial charge in [0.15, 0.2) is 0 Å². The summed E-state index contributed by atoms with van der Waals surface area (Å²) in [4.78, 5) is 11.6. The molecule has 2 N–H and O–H groups in total. The Morgan fingerprint density at radius 1 is 1.05 bits per heavy atom. The second-order valence-corrected chi connectivity index (χ2v) is 15.3. The first-order chi connectivity index (χ1) is 17.6. The second kappa shape index (κ2) is 11.2. The average Bonchev–Trinajstić information content (AvgIpc) is 3.13. The summed E-state index contributed by atoms with van der Waals surface area (Å²) in [5.74, 6) is 3.18. The monoisotopic (exact) mass is 532 g/mol. The standard InChI is InChI=1S/C33H56O5/c1-22(34)38-25-14-17-32(6)24(19-25)10-11-26-28-13-12-27(33(28,7)18-15-29(26)32)23(9-8-16-30(2,3)35)20-37-21-31(4,5)36/h10,23,25-29,35-36H,8-9,11-21H2,1-7H3/t23-,25-,26-,27+,28-,29-,32-,33+/m0/s1. The van der Waals surface area contributed by atoms with Crippen molar-refractivity contribution in [3.8, 4) is 0 Å². The highest BCUT2D eigenvalue weighted by Gasteiger charge is 2.59. The maximum absolute atomic E-state index is 11.6. The van der Waals surface area contributed by atoms with Crippen LogP contribution in [0.25, 0.3) is 0 Å². The Balaban J connectivity index is 1.49. The molecule has 4 aliphatic rings. The summed E-state index contributed by atoms with van der Waals surface area (Å²) in [6.07, 6.45) is 14.9. The lowest BCUT2D eigenvalue weighted by atomic mass is 9.47. The molecule has 3 fully saturated rings. The van der Waals surface area contributed by atoms with E-state index in [1.54, 1.807) is 5.57 Å². The van der Waals surface area contributed by atoms with Crippen molar-refractivity contribution in [1.29, 1.82) is 0 Å². The van der Waals surface area contributed by atoms with Gasteiger partial charge in [0.2, 0.25) is 0 Å². The maximum atomic E-state index is 11.6. The summed E-state index contributed by atoms with van der Waals surface area (Å²) >= 11 is 0. The van der Waals surface area contributed by atoms with Gasteiger partial charge in [-0.2, -0.15) is 0 Å². The first-order valence-corrected chi connectivity index (χ1v) is 15.5. The van der Waals surface area contributed by atoms with Crippen LogP contribution in [0.2, 0.25) is 0 Å². The molecule has 0 heterocycles. The van der Waals surface area contributed by atoms with Crippen LogP contribution < -0.4 is 0 Å². The molecule has 0 radical (unpaired) electrons. The van der Waals surface area contributed by atoms with E-state index in [2.05, 4.69) is 19.9 Å². The summed E-state index contributed by atoms with van der Waals surface area (Å²) in [6, 6.07) is 0. The fraction of sp³-hybridized carbons (Fsp3) is 0.909.